The Kier molecular flexibility index (Phi) is 13.0. The lowest BCUT2D eigenvalue weighted by Crippen LogP contribution is -2.39. The Hall–Kier alpha value is -2.94. The third-order valence-corrected chi connectivity index (χ3v) is 4.98. The summed E-state index contributed by atoms with van der Waals surface area (Å²) in [6.45, 7) is 10.8. The number of benzene rings is 1. The van der Waals surface area contributed by atoms with Gasteiger partial charge in [0.25, 0.3) is 0 Å². The highest BCUT2D eigenvalue weighted by molar-refractivity contribution is 5.77. The van der Waals surface area contributed by atoms with Gasteiger partial charge in [0.15, 0.2) is 11.5 Å². The van der Waals surface area contributed by atoms with E-state index in [2.05, 4.69) is 0 Å². The lowest BCUT2D eigenvalue weighted by Gasteiger charge is -2.23. The van der Waals surface area contributed by atoms with Crippen LogP contribution in [0, 0.1) is 5.92 Å². The molecule has 1 rings (SSSR count). The molecule has 1 unspecified atom stereocenters. The van der Waals surface area contributed by atoms with Gasteiger partial charge in [-0.2, -0.15) is 0 Å². The minimum Gasteiger partial charge on any atom is -0.459 e. The molecular formula is C26H39NO8. The van der Waals surface area contributed by atoms with Crippen LogP contribution in [0.3, 0.4) is 0 Å². The topological polar surface area (TPSA) is 131 Å². The van der Waals surface area contributed by atoms with Crippen LogP contribution in [0.1, 0.15) is 79.2 Å². The highest BCUT2D eigenvalue weighted by Crippen LogP contribution is 2.30. The predicted octanol–water partition coefficient (Wildman–Crippen LogP) is 3.88. The minimum atomic E-state index is -1.01. The fraction of sp³-hybridized carbons (Fsp3) is 0.615. The van der Waals surface area contributed by atoms with Crippen LogP contribution in [0.2, 0.25) is 0 Å². The first kappa shape index (κ1) is 30.1. The Morgan fingerprint density at radius 2 is 1.34 bits per heavy atom. The molecule has 0 aliphatic heterocycles. The van der Waals surface area contributed by atoms with E-state index in [1.807, 2.05) is 27.7 Å². The SMILES string of the molecule is CCCC(=O)Oc1ccc(C[C@H](N)C(=O)O[C@@H](C)C(C)OC(=O)CC(C)C)cc1OC(=O)CCC. The smallest absolute Gasteiger partial charge is 0.323 e. The zero-order valence-corrected chi connectivity index (χ0v) is 21.6. The van der Waals surface area contributed by atoms with Crippen LogP contribution >= 0.6 is 0 Å². The maximum Gasteiger partial charge on any atom is 0.323 e. The molecule has 1 aromatic rings. The Labute approximate surface area is 207 Å². The number of carbonyl (C=O) groups excluding carboxylic acids is 4. The van der Waals surface area contributed by atoms with Crippen LogP contribution < -0.4 is 15.2 Å². The second kappa shape index (κ2) is 15.1. The van der Waals surface area contributed by atoms with E-state index in [-0.39, 0.29) is 49.1 Å². The van der Waals surface area contributed by atoms with Crippen molar-refractivity contribution in [3.63, 3.8) is 0 Å². The zero-order valence-electron chi connectivity index (χ0n) is 21.6. The summed E-state index contributed by atoms with van der Waals surface area (Å²) in [5, 5.41) is 0. The molecule has 2 N–H and O–H groups in total. The molecule has 0 aromatic heterocycles. The van der Waals surface area contributed by atoms with E-state index in [1.165, 1.54) is 12.1 Å². The van der Waals surface area contributed by atoms with Crippen molar-refractivity contribution in [2.75, 3.05) is 0 Å². The molecule has 0 aliphatic rings. The average molecular weight is 494 g/mol. The quantitative estimate of drug-likeness (QED) is 0.303. The first-order chi connectivity index (χ1) is 16.5. The van der Waals surface area contributed by atoms with Crippen LogP contribution in [0.25, 0.3) is 0 Å². The van der Waals surface area contributed by atoms with Crippen LogP contribution in [0.4, 0.5) is 0 Å². The van der Waals surface area contributed by atoms with Gasteiger partial charge in [0, 0.05) is 19.3 Å². The molecule has 0 amide bonds. The number of rotatable bonds is 14. The first-order valence-electron chi connectivity index (χ1n) is 12.2. The summed E-state index contributed by atoms with van der Waals surface area (Å²) < 4.78 is 21.4. The van der Waals surface area contributed by atoms with Crippen molar-refractivity contribution in [1.82, 2.24) is 0 Å². The number of hydrogen-bond acceptors (Lipinski definition) is 9. The van der Waals surface area contributed by atoms with E-state index in [1.54, 1.807) is 19.9 Å². The van der Waals surface area contributed by atoms with Crippen LogP contribution in [0.15, 0.2) is 18.2 Å². The van der Waals surface area contributed by atoms with Crippen molar-refractivity contribution >= 4 is 23.9 Å². The van der Waals surface area contributed by atoms with Crippen molar-refractivity contribution in [3.8, 4) is 11.5 Å². The number of nitrogens with two attached hydrogens (primary N) is 1. The van der Waals surface area contributed by atoms with Crippen LogP contribution in [0.5, 0.6) is 11.5 Å². The van der Waals surface area contributed by atoms with Gasteiger partial charge in [-0.25, -0.2) is 0 Å². The Morgan fingerprint density at radius 1 is 0.800 bits per heavy atom. The van der Waals surface area contributed by atoms with E-state index in [4.69, 9.17) is 24.7 Å². The molecule has 0 heterocycles. The molecule has 0 saturated carbocycles. The lowest BCUT2D eigenvalue weighted by molar-refractivity contribution is -0.166. The molecule has 9 heteroatoms. The van der Waals surface area contributed by atoms with Gasteiger partial charge in [0.1, 0.15) is 18.2 Å². The molecule has 0 bridgehead atoms. The number of carbonyl (C=O) groups is 4. The molecule has 0 aliphatic carbocycles. The number of esters is 4. The fourth-order valence-electron chi connectivity index (χ4n) is 2.99. The molecule has 0 saturated heterocycles. The molecule has 0 spiro atoms. The summed E-state index contributed by atoms with van der Waals surface area (Å²) >= 11 is 0. The summed E-state index contributed by atoms with van der Waals surface area (Å²) in [6, 6.07) is 3.66. The van der Waals surface area contributed by atoms with Gasteiger partial charge in [-0.3, -0.25) is 19.2 Å². The third kappa shape index (κ3) is 11.4. The van der Waals surface area contributed by atoms with E-state index in [0.29, 0.717) is 18.4 Å². The molecule has 35 heavy (non-hydrogen) atoms. The van der Waals surface area contributed by atoms with Gasteiger partial charge >= 0.3 is 23.9 Å². The van der Waals surface area contributed by atoms with E-state index >= 15 is 0 Å². The standard InChI is InChI=1S/C26H39NO8/c1-7-9-23(28)34-21-12-11-19(15-22(21)35-24(29)10-8-2)14-20(27)26(31)33-18(6)17(5)32-25(30)13-16(3)4/h11-12,15-18,20H,7-10,13-14,27H2,1-6H3/t17?,18-,20-/m0/s1. The Morgan fingerprint density at radius 3 is 1.89 bits per heavy atom. The second-order valence-electron chi connectivity index (χ2n) is 8.97. The Bertz CT molecular complexity index is 867. The molecule has 9 nitrogen and oxygen atoms in total. The fourth-order valence-corrected chi connectivity index (χ4v) is 2.99. The van der Waals surface area contributed by atoms with Crippen molar-refractivity contribution in [2.45, 2.75) is 98.3 Å². The van der Waals surface area contributed by atoms with Gasteiger partial charge in [-0.05, 0) is 56.7 Å². The largest absolute Gasteiger partial charge is 0.459 e. The van der Waals surface area contributed by atoms with Crippen LogP contribution in [-0.2, 0) is 35.1 Å². The first-order valence-corrected chi connectivity index (χ1v) is 12.2. The predicted molar refractivity (Wildman–Crippen MR) is 130 cm³/mol. The third-order valence-electron chi connectivity index (χ3n) is 4.98. The molecule has 0 radical (unpaired) electrons. The zero-order chi connectivity index (χ0) is 26.5. The second-order valence-corrected chi connectivity index (χ2v) is 8.97. The van der Waals surface area contributed by atoms with Gasteiger partial charge in [-0.15, -0.1) is 0 Å². The highest BCUT2D eigenvalue weighted by Gasteiger charge is 2.25. The van der Waals surface area contributed by atoms with Gasteiger partial charge in [-0.1, -0.05) is 33.8 Å². The molecule has 196 valence electrons. The summed E-state index contributed by atoms with van der Waals surface area (Å²) in [4.78, 5) is 48.3. The maximum absolute atomic E-state index is 12.5. The van der Waals surface area contributed by atoms with Gasteiger partial charge in [0.05, 0.1) is 0 Å². The normalized spacial score (nSPS) is 13.5. The lowest BCUT2D eigenvalue weighted by atomic mass is 10.1. The van der Waals surface area contributed by atoms with Crippen molar-refractivity contribution in [1.29, 1.82) is 0 Å². The molecule has 0 fully saturated rings. The molecule has 3 atom stereocenters. The molecule has 1 aromatic carbocycles. The van der Waals surface area contributed by atoms with Gasteiger partial charge < -0.3 is 24.7 Å². The summed E-state index contributed by atoms with van der Waals surface area (Å²) in [7, 11) is 0. The van der Waals surface area contributed by atoms with Crippen molar-refractivity contribution in [2.24, 2.45) is 11.7 Å². The number of ether oxygens (including phenoxy) is 4. The van der Waals surface area contributed by atoms with Gasteiger partial charge in [0.2, 0.25) is 0 Å². The number of hydrogen-bond donors (Lipinski definition) is 1. The highest BCUT2D eigenvalue weighted by atomic mass is 16.6. The average Bonchev–Trinajstić information content (AvgIpc) is 2.75. The van der Waals surface area contributed by atoms with E-state index in [0.717, 1.165) is 0 Å². The molecular weight excluding hydrogens is 454 g/mol. The maximum atomic E-state index is 12.5. The van der Waals surface area contributed by atoms with Crippen LogP contribution in [-0.4, -0.2) is 42.1 Å². The minimum absolute atomic E-state index is 0.0880. The van der Waals surface area contributed by atoms with E-state index < -0.39 is 36.2 Å². The van der Waals surface area contributed by atoms with E-state index in [9.17, 15) is 19.2 Å². The monoisotopic (exact) mass is 493 g/mol. The summed E-state index contributed by atoms with van der Waals surface area (Å²) in [5.41, 5.74) is 6.64. The van der Waals surface area contributed by atoms with Crippen molar-refractivity contribution < 1.29 is 38.1 Å². The van der Waals surface area contributed by atoms with Crippen molar-refractivity contribution in [3.05, 3.63) is 23.8 Å². The summed E-state index contributed by atoms with van der Waals surface area (Å²) in [6.07, 6.45) is 0.708. The summed E-state index contributed by atoms with van der Waals surface area (Å²) in [5.74, 6) is -1.55. The Balaban J connectivity index is 2.85.